The van der Waals surface area contributed by atoms with Crippen LogP contribution >= 0.6 is 11.3 Å². The number of aromatic nitrogens is 2. The standard InChI is InChI=1S/C15H21N3OS/c1-2-16-13-8-4-3-7-12(13)15-17-14(18-19-15)10-11-6-5-9-20-11/h5-6,9,12-13,16H,2-4,7-8,10H2,1H3. The molecule has 4 nitrogen and oxygen atoms in total. The maximum absolute atomic E-state index is 5.53. The minimum absolute atomic E-state index is 0.383. The van der Waals surface area contributed by atoms with Crippen LogP contribution in [-0.2, 0) is 6.42 Å². The van der Waals surface area contributed by atoms with Crippen LogP contribution in [0.15, 0.2) is 22.0 Å². The summed E-state index contributed by atoms with van der Waals surface area (Å²) < 4.78 is 5.53. The Hall–Kier alpha value is -1.20. The van der Waals surface area contributed by atoms with Crippen molar-refractivity contribution in [1.82, 2.24) is 15.5 Å². The summed E-state index contributed by atoms with van der Waals surface area (Å²) in [4.78, 5) is 5.91. The molecule has 2 aromatic heterocycles. The average Bonchev–Trinajstić information content (AvgIpc) is 3.12. The Balaban J connectivity index is 1.71. The number of hydrogen-bond acceptors (Lipinski definition) is 5. The van der Waals surface area contributed by atoms with Crippen LogP contribution in [0.3, 0.4) is 0 Å². The summed E-state index contributed by atoms with van der Waals surface area (Å²) in [7, 11) is 0. The molecule has 0 bridgehead atoms. The molecule has 1 fully saturated rings. The molecule has 1 aliphatic rings. The maximum atomic E-state index is 5.53. The van der Waals surface area contributed by atoms with Crippen molar-refractivity contribution in [3.8, 4) is 0 Å². The Bertz CT molecular complexity index is 521. The third-order valence-corrected chi connectivity index (χ3v) is 4.82. The van der Waals surface area contributed by atoms with Crippen molar-refractivity contribution in [3.05, 3.63) is 34.1 Å². The topological polar surface area (TPSA) is 51.0 Å². The van der Waals surface area contributed by atoms with Crippen molar-refractivity contribution in [2.75, 3.05) is 6.54 Å². The van der Waals surface area contributed by atoms with Crippen LogP contribution in [-0.4, -0.2) is 22.7 Å². The molecule has 1 saturated carbocycles. The van der Waals surface area contributed by atoms with Crippen LogP contribution < -0.4 is 5.32 Å². The molecule has 0 saturated heterocycles. The van der Waals surface area contributed by atoms with Crippen molar-refractivity contribution in [2.24, 2.45) is 0 Å². The molecule has 0 aromatic carbocycles. The number of thiophene rings is 1. The fourth-order valence-corrected chi connectivity index (χ4v) is 3.69. The molecule has 3 rings (SSSR count). The Morgan fingerprint density at radius 1 is 1.40 bits per heavy atom. The highest BCUT2D eigenvalue weighted by atomic mass is 32.1. The first-order chi connectivity index (χ1) is 9.86. The van der Waals surface area contributed by atoms with Crippen LogP contribution in [0.5, 0.6) is 0 Å². The van der Waals surface area contributed by atoms with E-state index >= 15 is 0 Å². The molecule has 5 heteroatoms. The second-order valence-electron chi connectivity index (χ2n) is 5.36. The van der Waals surface area contributed by atoms with E-state index in [0.717, 1.165) is 31.1 Å². The van der Waals surface area contributed by atoms with Crippen molar-refractivity contribution >= 4 is 11.3 Å². The van der Waals surface area contributed by atoms with Crippen LogP contribution in [0.2, 0.25) is 0 Å². The van der Waals surface area contributed by atoms with Gasteiger partial charge in [-0.3, -0.25) is 0 Å². The molecular formula is C15H21N3OS. The highest BCUT2D eigenvalue weighted by Crippen LogP contribution is 2.32. The zero-order chi connectivity index (χ0) is 13.8. The van der Waals surface area contributed by atoms with E-state index in [1.54, 1.807) is 11.3 Å². The Morgan fingerprint density at radius 2 is 2.30 bits per heavy atom. The van der Waals surface area contributed by atoms with Gasteiger partial charge in [0.15, 0.2) is 5.82 Å². The maximum Gasteiger partial charge on any atom is 0.231 e. The summed E-state index contributed by atoms with van der Waals surface area (Å²) in [6, 6.07) is 4.66. The van der Waals surface area contributed by atoms with E-state index in [2.05, 4.69) is 39.9 Å². The van der Waals surface area contributed by atoms with Crippen LogP contribution in [0.4, 0.5) is 0 Å². The lowest BCUT2D eigenvalue weighted by Gasteiger charge is -2.29. The molecule has 0 amide bonds. The number of likely N-dealkylation sites (N-methyl/N-ethyl adjacent to an activating group) is 1. The van der Waals surface area contributed by atoms with Crippen LogP contribution in [0.1, 0.15) is 55.1 Å². The smallest absolute Gasteiger partial charge is 0.231 e. The first kappa shape index (κ1) is 13.8. The fourth-order valence-electron chi connectivity index (χ4n) is 2.99. The van der Waals surface area contributed by atoms with Gasteiger partial charge in [-0.15, -0.1) is 11.3 Å². The van der Waals surface area contributed by atoms with E-state index in [1.165, 1.54) is 24.1 Å². The monoisotopic (exact) mass is 291 g/mol. The molecule has 108 valence electrons. The molecule has 0 aliphatic heterocycles. The number of hydrogen-bond donors (Lipinski definition) is 1. The molecule has 0 radical (unpaired) electrons. The Morgan fingerprint density at radius 3 is 3.10 bits per heavy atom. The summed E-state index contributed by atoms with van der Waals surface area (Å²) in [5.41, 5.74) is 0. The number of nitrogens with one attached hydrogen (secondary N) is 1. The van der Waals surface area contributed by atoms with E-state index in [9.17, 15) is 0 Å². The number of nitrogens with zero attached hydrogens (tertiary/aromatic N) is 2. The van der Waals surface area contributed by atoms with Crippen molar-refractivity contribution < 1.29 is 4.52 Å². The Kier molecular flexibility index (Phi) is 4.47. The summed E-state index contributed by atoms with van der Waals surface area (Å²) >= 11 is 1.74. The minimum atomic E-state index is 0.383. The average molecular weight is 291 g/mol. The molecule has 2 unspecified atom stereocenters. The second-order valence-corrected chi connectivity index (χ2v) is 6.39. The summed E-state index contributed by atoms with van der Waals surface area (Å²) in [6.07, 6.45) is 5.69. The third-order valence-electron chi connectivity index (χ3n) is 3.95. The van der Waals surface area contributed by atoms with Gasteiger partial charge < -0.3 is 9.84 Å². The van der Waals surface area contributed by atoms with Gasteiger partial charge in [0.1, 0.15) is 0 Å². The number of rotatable bonds is 5. The molecule has 2 aromatic rings. The first-order valence-corrected chi connectivity index (χ1v) is 8.33. The van der Waals surface area contributed by atoms with E-state index < -0.39 is 0 Å². The van der Waals surface area contributed by atoms with Gasteiger partial charge in [0.05, 0.1) is 5.92 Å². The van der Waals surface area contributed by atoms with Gasteiger partial charge in [0.25, 0.3) is 0 Å². The summed E-state index contributed by atoms with van der Waals surface area (Å²) in [5, 5.41) is 9.80. The van der Waals surface area contributed by atoms with Gasteiger partial charge in [-0.05, 0) is 30.8 Å². The predicted molar refractivity (Wildman–Crippen MR) is 80.1 cm³/mol. The molecule has 2 atom stereocenters. The van der Waals surface area contributed by atoms with Gasteiger partial charge in [-0.25, -0.2) is 0 Å². The van der Waals surface area contributed by atoms with Gasteiger partial charge in [0.2, 0.25) is 5.89 Å². The van der Waals surface area contributed by atoms with Crippen molar-refractivity contribution in [3.63, 3.8) is 0 Å². The molecule has 1 aliphatic carbocycles. The summed E-state index contributed by atoms with van der Waals surface area (Å²) in [6.45, 7) is 3.15. The summed E-state index contributed by atoms with van der Waals surface area (Å²) in [5.74, 6) is 2.01. The first-order valence-electron chi connectivity index (χ1n) is 7.45. The lowest BCUT2D eigenvalue weighted by atomic mass is 9.84. The molecule has 2 heterocycles. The van der Waals surface area contributed by atoms with Gasteiger partial charge >= 0.3 is 0 Å². The highest BCUT2D eigenvalue weighted by Gasteiger charge is 2.30. The lowest BCUT2D eigenvalue weighted by Crippen LogP contribution is -2.37. The van der Waals surface area contributed by atoms with Gasteiger partial charge in [-0.2, -0.15) is 4.98 Å². The quantitative estimate of drug-likeness (QED) is 0.917. The zero-order valence-corrected chi connectivity index (χ0v) is 12.7. The lowest BCUT2D eigenvalue weighted by molar-refractivity contribution is 0.264. The van der Waals surface area contributed by atoms with Gasteiger partial charge in [0, 0.05) is 17.3 Å². The largest absolute Gasteiger partial charge is 0.339 e. The molecule has 20 heavy (non-hydrogen) atoms. The normalized spacial score (nSPS) is 23.1. The highest BCUT2D eigenvalue weighted by molar-refractivity contribution is 7.09. The zero-order valence-electron chi connectivity index (χ0n) is 11.8. The molecule has 0 spiro atoms. The van der Waals surface area contributed by atoms with E-state index in [4.69, 9.17) is 4.52 Å². The van der Waals surface area contributed by atoms with Crippen molar-refractivity contribution in [2.45, 2.75) is 51.0 Å². The SMILES string of the molecule is CCNC1CCCCC1c1nc(Cc2cccs2)no1. The van der Waals surface area contributed by atoms with Crippen molar-refractivity contribution in [1.29, 1.82) is 0 Å². The van der Waals surface area contributed by atoms with Gasteiger partial charge in [-0.1, -0.05) is 31.0 Å². The second kappa shape index (κ2) is 6.50. The van der Waals surface area contributed by atoms with E-state index in [1.807, 2.05) is 0 Å². The molecule has 1 N–H and O–H groups in total. The van der Waals surface area contributed by atoms with Crippen LogP contribution in [0, 0.1) is 0 Å². The molecular weight excluding hydrogens is 270 g/mol. The third kappa shape index (κ3) is 3.10. The van der Waals surface area contributed by atoms with E-state index in [0.29, 0.717) is 12.0 Å². The fraction of sp³-hybridized carbons (Fsp3) is 0.600. The van der Waals surface area contributed by atoms with E-state index in [-0.39, 0.29) is 0 Å². The predicted octanol–water partition coefficient (Wildman–Crippen LogP) is 3.36. The van der Waals surface area contributed by atoms with Crippen LogP contribution in [0.25, 0.3) is 0 Å². The minimum Gasteiger partial charge on any atom is -0.339 e. The Labute approximate surface area is 123 Å².